The number of carbonyl (C=O) groups excluding carboxylic acids is 3. The highest BCUT2D eigenvalue weighted by atomic mass is 16.7. The van der Waals surface area contributed by atoms with Crippen LogP contribution in [0.15, 0.2) is 72.8 Å². The molecule has 7 heteroatoms. The molecule has 0 radical (unpaired) electrons. The van der Waals surface area contributed by atoms with Gasteiger partial charge in [0.2, 0.25) is 12.7 Å². The number of hydrogen-bond donors (Lipinski definition) is 2. The van der Waals surface area contributed by atoms with Crippen LogP contribution in [0.5, 0.6) is 11.5 Å². The zero-order valence-corrected chi connectivity index (χ0v) is 19.2. The minimum Gasteiger partial charge on any atom is -0.454 e. The Kier molecular flexibility index (Phi) is 7.90. The highest BCUT2D eigenvalue weighted by molar-refractivity contribution is 5.97. The Bertz CT molecular complexity index is 1190. The van der Waals surface area contributed by atoms with Crippen LogP contribution in [-0.4, -0.2) is 42.0 Å². The van der Waals surface area contributed by atoms with Gasteiger partial charge in [0.05, 0.1) is 6.04 Å². The van der Waals surface area contributed by atoms with Crippen molar-refractivity contribution >= 4 is 17.5 Å². The molecule has 1 aliphatic heterocycles. The molecule has 1 aliphatic rings. The molecule has 0 aromatic heterocycles. The Hall–Kier alpha value is -3.97. The number of fused-ring (bicyclic) bond motifs is 1. The van der Waals surface area contributed by atoms with Crippen molar-refractivity contribution in [2.24, 2.45) is 0 Å². The lowest BCUT2D eigenvalue weighted by Gasteiger charge is -2.18. The second-order valence-corrected chi connectivity index (χ2v) is 8.42. The van der Waals surface area contributed by atoms with Gasteiger partial charge >= 0.3 is 0 Å². The standard InChI is InChI=1S/C28H27NO6/c30-17-25(32)22-10-6-20(7-11-22)15-24(31)23(14-19-4-2-1-3-5-19)29-28(33)13-9-21-8-12-26-27(16-21)35-18-34-26/h1-8,10-12,16,23,30H,9,13-15,17-18H2,(H,29,33)/t23-/m0/s1. The van der Waals surface area contributed by atoms with E-state index in [9.17, 15) is 14.4 Å². The predicted octanol–water partition coefficient (Wildman–Crippen LogP) is 3.06. The van der Waals surface area contributed by atoms with E-state index < -0.39 is 12.6 Å². The van der Waals surface area contributed by atoms with E-state index >= 15 is 0 Å². The molecule has 0 saturated carbocycles. The van der Waals surface area contributed by atoms with Crippen molar-refractivity contribution in [3.63, 3.8) is 0 Å². The normalized spacial score (nSPS) is 12.7. The zero-order valence-electron chi connectivity index (χ0n) is 19.2. The summed E-state index contributed by atoms with van der Waals surface area (Å²) >= 11 is 0. The van der Waals surface area contributed by atoms with Crippen LogP contribution < -0.4 is 14.8 Å². The van der Waals surface area contributed by atoms with Crippen molar-refractivity contribution in [3.8, 4) is 11.5 Å². The average Bonchev–Trinajstić information content (AvgIpc) is 3.35. The van der Waals surface area contributed by atoms with E-state index in [4.69, 9.17) is 14.6 Å². The lowest BCUT2D eigenvalue weighted by atomic mass is 9.96. The lowest BCUT2D eigenvalue weighted by molar-refractivity contribution is -0.127. The van der Waals surface area contributed by atoms with E-state index in [0.29, 0.717) is 29.9 Å². The van der Waals surface area contributed by atoms with Gasteiger partial charge in [0.1, 0.15) is 6.61 Å². The number of rotatable bonds is 11. The number of hydrogen-bond acceptors (Lipinski definition) is 6. The molecule has 3 aromatic carbocycles. The molecule has 0 fully saturated rings. The van der Waals surface area contributed by atoms with Gasteiger partial charge in [0, 0.05) is 18.4 Å². The maximum absolute atomic E-state index is 13.2. The van der Waals surface area contributed by atoms with E-state index in [1.54, 1.807) is 24.3 Å². The number of aryl methyl sites for hydroxylation is 1. The van der Waals surface area contributed by atoms with E-state index in [-0.39, 0.29) is 37.1 Å². The average molecular weight is 474 g/mol. The minimum absolute atomic E-state index is 0.119. The molecule has 35 heavy (non-hydrogen) atoms. The number of benzene rings is 3. The molecule has 1 atom stereocenters. The van der Waals surface area contributed by atoms with Crippen molar-refractivity contribution in [3.05, 3.63) is 95.1 Å². The summed E-state index contributed by atoms with van der Waals surface area (Å²) in [5.41, 5.74) is 3.03. The number of aliphatic hydroxyl groups excluding tert-OH is 1. The molecule has 3 aromatic rings. The Morgan fingerprint density at radius 3 is 2.31 bits per heavy atom. The molecular formula is C28H27NO6. The summed E-state index contributed by atoms with van der Waals surface area (Å²) in [6.45, 7) is -0.362. The molecule has 0 bridgehead atoms. The van der Waals surface area contributed by atoms with Crippen molar-refractivity contribution in [1.29, 1.82) is 0 Å². The Morgan fingerprint density at radius 1 is 0.857 bits per heavy atom. The van der Waals surface area contributed by atoms with Crippen LogP contribution in [0.4, 0.5) is 0 Å². The number of carbonyl (C=O) groups is 3. The minimum atomic E-state index is -0.680. The summed E-state index contributed by atoms with van der Waals surface area (Å²) in [7, 11) is 0. The fraction of sp³-hybridized carbons (Fsp3) is 0.250. The van der Waals surface area contributed by atoms with Gasteiger partial charge in [0.25, 0.3) is 0 Å². The van der Waals surface area contributed by atoms with E-state index in [2.05, 4.69) is 5.32 Å². The molecule has 2 N–H and O–H groups in total. The molecule has 0 aliphatic carbocycles. The van der Waals surface area contributed by atoms with Gasteiger partial charge in [-0.1, -0.05) is 60.7 Å². The summed E-state index contributed by atoms with van der Waals surface area (Å²) in [5, 5.41) is 11.9. The van der Waals surface area contributed by atoms with Gasteiger partial charge in [0.15, 0.2) is 23.1 Å². The highest BCUT2D eigenvalue weighted by Gasteiger charge is 2.22. The SMILES string of the molecule is O=C(CCc1ccc2c(c1)OCO2)N[C@@H](Cc1ccccc1)C(=O)Cc1ccc(C(=O)CO)cc1. The number of amides is 1. The summed E-state index contributed by atoms with van der Waals surface area (Å²) in [4.78, 5) is 37.6. The number of ether oxygens (including phenoxy) is 2. The van der Waals surface area contributed by atoms with Crippen molar-refractivity contribution in [2.75, 3.05) is 13.4 Å². The maximum atomic E-state index is 13.2. The molecule has 0 spiro atoms. The van der Waals surface area contributed by atoms with Gasteiger partial charge in [-0.15, -0.1) is 0 Å². The van der Waals surface area contributed by atoms with E-state index in [1.807, 2.05) is 48.5 Å². The number of aliphatic hydroxyl groups is 1. The van der Waals surface area contributed by atoms with Gasteiger partial charge in [-0.25, -0.2) is 0 Å². The smallest absolute Gasteiger partial charge is 0.231 e. The monoisotopic (exact) mass is 473 g/mol. The van der Waals surface area contributed by atoms with E-state index in [0.717, 1.165) is 16.7 Å². The molecule has 0 saturated heterocycles. The zero-order chi connectivity index (χ0) is 24.6. The highest BCUT2D eigenvalue weighted by Crippen LogP contribution is 2.32. The van der Waals surface area contributed by atoms with Gasteiger partial charge < -0.3 is 19.9 Å². The fourth-order valence-corrected chi connectivity index (χ4v) is 3.94. The summed E-state index contributed by atoms with van der Waals surface area (Å²) in [5.74, 6) is 0.666. The first-order valence-corrected chi connectivity index (χ1v) is 11.5. The number of ketones is 2. The molecule has 1 heterocycles. The van der Waals surface area contributed by atoms with Crippen LogP contribution in [0.25, 0.3) is 0 Å². The second kappa shape index (κ2) is 11.4. The van der Waals surface area contributed by atoms with Crippen LogP contribution in [0.2, 0.25) is 0 Å². The third-order valence-electron chi connectivity index (χ3n) is 5.88. The van der Waals surface area contributed by atoms with Crippen LogP contribution in [0.1, 0.15) is 33.5 Å². The van der Waals surface area contributed by atoms with Crippen LogP contribution >= 0.6 is 0 Å². The third kappa shape index (κ3) is 6.55. The number of nitrogens with one attached hydrogen (secondary N) is 1. The van der Waals surface area contributed by atoms with Crippen LogP contribution in [0, 0.1) is 0 Å². The van der Waals surface area contributed by atoms with Crippen LogP contribution in [0.3, 0.4) is 0 Å². The maximum Gasteiger partial charge on any atom is 0.231 e. The predicted molar refractivity (Wildman–Crippen MR) is 130 cm³/mol. The first kappa shape index (κ1) is 24.2. The van der Waals surface area contributed by atoms with E-state index in [1.165, 1.54) is 0 Å². The fourth-order valence-electron chi connectivity index (χ4n) is 3.94. The molecule has 7 nitrogen and oxygen atoms in total. The molecule has 180 valence electrons. The first-order valence-electron chi connectivity index (χ1n) is 11.5. The van der Waals surface area contributed by atoms with Crippen LogP contribution in [-0.2, 0) is 28.9 Å². The van der Waals surface area contributed by atoms with Gasteiger partial charge in [-0.05, 0) is 41.7 Å². The molecular weight excluding hydrogens is 446 g/mol. The molecule has 0 unspecified atom stereocenters. The van der Waals surface area contributed by atoms with Crippen molar-refractivity contribution < 1.29 is 29.0 Å². The Labute approximate surface area is 203 Å². The topological polar surface area (TPSA) is 102 Å². The van der Waals surface area contributed by atoms with Crippen molar-refractivity contribution in [1.82, 2.24) is 5.32 Å². The Balaban J connectivity index is 1.40. The van der Waals surface area contributed by atoms with Gasteiger partial charge in [-0.3, -0.25) is 14.4 Å². The Morgan fingerprint density at radius 2 is 1.57 bits per heavy atom. The first-order chi connectivity index (χ1) is 17.0. The number of Topliss-reactive ketones (excluding diaryl/α,β-unsaturated/α-hetero) is 2. The summed E-state index contributed by atoms with van der Waals surface area (Å²) < 4.78 is 10.7. The second-order valence-electron chi connectivity index (χ2n) is 8.42. The largest absolute Gasteiger partial charge is 0.454 e. The molecule has 4 rings (SSSR count). The summed E-state index contributed by atoms with van der Waals surface area (Å²) in [6, 6.07) is 21.0. The quantitative estimate of drug-likeness (QED) is 0.415. The van der Waals surface area contributed by atoms with Crippen molar-refractivity contribution in [2.45, 2.75) is 31.7 Å². The molecule has 1 amide bonds. The lowest BCUT2D eigenvalue weighted by Crippen LogP contribution is -2.43. The third-order valence-corrected chi connectivity index (χ3v) is 5.88. The summed E-state index contributed by atoms with van der Waals surface area (Å²) in [6.07, 6.45) is 1.25. The van der Waals surface area contributed by atoms with Gasteiger partial charge in [-0.2, -0.15) is 0 Å².